The van der Waals surface area contributed by atoms with Crippen LogP contribution in [0.2, 0.25) is 0 Å². The van der Waals surface area contributed by atoms with Crippen molar-refractivity contribution in [3.8, 4) is 23.8 Å². The van der Waals surface area contributed by atoms with Crippen molar-refractivity contribution in [3.63, 3.8) is 0 Å². The number of benzene rings is 1. The van der Waals surface area contributed by atoms with Crippen LogP contribution in [0.4, 0.5) is 0 Å². The van der Waals surface area contributed by atoms with Gasteiger partial charge >= 0.3 is 0 Å². The largest absolute Gasteiger partial charge is 0.497 e. The first-order valence-corrected chi connectivity index (χ1v) is 6.68. The molecule has 0 atom stereocenters. The predicted molar refractivity (Wildman–Crippen MR) is 68.2 cm³/mol. The summed E-state index contributed by atoms with van der Waals surface area (Å²) in [6.07, 6.45) is 5.39. The summed E-state index contributed by atoms with van der Waals surface area (Å²) < 4.78 is 36.5. The van der Waals surface area contributed by atoms with E-state index in [1.54, 1.807) is 6.07 Å². The lowest BCUT2D eigenvalue weighted by atomic mass is 10.3. The van der Waals surface area contributed by atoms with E-state index >= 15 is 0 Å². The molecule has 0 spiro atoms. The number of hydrogen-bond donors (Lipinski definition) is 1. The molecule has 0 radical (unpaired) electrons. The zero-order valence-corrected chi connectivity index (χ0v) is 11.1. The first-order valence-electron chi connectivity index (χ1n) is 5.20. The Kier molecular flexibility index (Phi) is 5.01. The minimum atomic E-state index is -3.66. The van der Waals surface area contributed by atoms with E-state index in [2.05, 4.69) is 10.6 Å². The highest BCUT2D eigenvalue weighted by Crippen LogP contribution is 2.27. The molecule has 6 heteroatoms. The summed E-state index contributed by atoms with van der Waals surface area (Å²) >= 11 is 0. The van der Waals surface area contributed by atoms with Gasteiger partial charge in [0.25, 0.3) is 0 Å². The van der Waals surface area contributed by atoms with E-state index in [0.29, 0.717) is 12.2 Å². The summed E-state index contributed by atoms with van der Waals surface area (Å²) in [5, 5.41) is 0. The number of ether oxygens (including phenoxy) is 2. The normalized spacial score (nSPS) is 10.7. The Morgan fingerprint density at radius 2 is 2.06 bits per heavy atom. The first-order chi connectivity index (χ1) is 8.55. The van der Waals surface area contributed by atoms with Crippen LogP contribution in [0.25, 0.3) is 0 Å². The number of nitrogens with one attached hydrogen (secondary N) is 1. The third-order valence-corrected chi connectivity index (χ3v) is 3.70. The van der Waals surface area contributed by atoms with Gasteiger partial charge in [0, 0.05) is 19.0 Å². The van der Waals surface area contributed by atoms with E-state index in [4.69, 9.17) is 15.9 Å². The van der Waals surface area contributed by atoms with Gasteiger partial charge in [-0.15, -0.1) is 12.3 Å². The average Bonchev–Trinajstić information content (AvgIpc) is 2.38. The standard InChI is InChI=1S/C12H15NO4S/c1-4-5-8-13-18(14,15)12-9-10(16-2)6-7-11(12)17-3/h1,6-7,9,13H,5,8H2,2-3H3. The van der Waals surface area contributed by atoms with Gasteiger partial charge in [-0.1, -0.05) is 0 Å². The molecule has 0 aromatic heterocycles. The van der Waals surface area contributed by atoms with Gasteiger partial charge in [0.05, 0.1) is 14.2 Å². The van der Waals surface area contributed by atoms with E-state index in [1.807, 2.05) is 0 Å². The van der Waals surface area contributed by atoms with Crippen LogP contribution >= 0.6 is 0 Å². The van der Waals surface area contributed by atoms with Crippen LogP contribution in [0, 0.1) is 12.3 Å². The highest BCUT2D eigenvalue weighted by Gasteiger charge is 2.19. The molecule has 0 aliphatic rings. The Balaban J connectivity index is 3.09. The minimum absolute atomic E-state index is 0.0290. The van der Waals surface area contributed by atoms with Gasteiger partial charge in [0.1, 0.15) is 16.4 Å². The fraction of sp³-hybridized carbons (Fsp3) is 0.333. The molecule has 0 saturated carbocycles. The molecule has 1 aromatic carbocycles. The van der Waals surface area contributed by atoms with Crippen molar-refractivity contribution in [2.24, 2.45) is 0 Å². The average molecular weight is 269 g/mol. The molecule has 0 aliphatic heterocycles. The molecule has 0 fully saturated rings. The highest BCUT2D eigenvalue weighted by atomic mass is 32.2. The molecule has 0 bridgehead atoms. The van der Waals surface area contributed by atoms with Crippen LogP contribution in [-0.2, 0) is 10.0 Å². The smallest absolute Gasteiger partial charge is 0.244 e. The molecule has 0 saturated heterocycles. The van der Waals surface area contributed by atoms with Crippen molar-refractivity contribution >= 4 is 10.0 Å². The highest BCUT2D eigenvalue weighted by molar-refractivity contribution is 7.89. The second-order valence-electron chi connectivity index (χ2n) is 3.37. The van der Waals surface area contributed by atoms with Crippen LogP contribution in [0.5, 0.6) is 11.5 Å². The van der Waals surface area contributed by atoms with Gasteiger partial charge in [-0.25, -0.2) is 13.1 Å². The number of hydrogen-bond acceptors (Lipinski definition) is 4. The first kappa shape index (κ1) is 14.4. The van der Waals surface area contributed by atoms with Crippen LogP contribution in [0.1, 0.15) is 6.42 Å². The maximum absolute atomic E-state index is 12.0. The molecule has 18 heavy (non-hydrogen) atoms. The van der Waals surface area contributed by atoms with E-state index < -0.39 is 10.0 Å². The number of methoxy groups -OCH3 is 2. The third kappa shape index (κ3) is 3.39. The second kappa shape index (κ2) is 6.28. The summed E-state index contributed by atoms with van der Waals surface area (Å²) in [6.45, 7) is 0.180. The van der Waals surface area contributed by atoms with Crippen molar-refractivity contribution in [1.82, 2.24) is 4.72 Å². The quantitative estimate of drug-likeness (QED) is 0.618. The number of rotatable bonds is 6. The zero-order valence-electron chi connectivity index (χ0n) is 10.3. The topological polar surface area (TPSA) is 64.6 Å². The van der Waals surface area contributed by atoms with Crippen molar-refractivity contribution < 1.29 is 17.9 Å². The molecule has 5 nitrogen and oxygen atoms in total. The molecule has 0 amide bonds. The number of sulfonamides is 1. The van der Waals surface area contributed by atoms with Gasteiger partial charge in [-0.2, -0.15) is 0 Å². The Labute approximate surface area is 107 Å². The van der Waals surface area contributed by atoms with E-state index in [9.17, 15) is 8.42 Å². The van der Waals surface area contributed by atoms with Crippen molar-refractivity contribution in [2.45, 2.75) is 11.3 Å². The van der Waals surface area contributed by atoms with E-state index in [-0.39, 0.29) is 17.2 Å². The zero-order chi connectivity index (χ0) is 13.6. The lowest BCUT2D eigenvalue weighted by Gasteiger charge is -2.11. The molecule has 98 valence electrons. The lowest BCUT2D eigenvalue weighted by molar-refractivity contribution is 0.392. The van der Waals surface area contributed by atoms with Crippen molar-refractivity contribution in [1.29, 1.82) is 0 Å². The van der Waals surface area contributed by atoms with Gasteiger partial charge in [-0.3, -0.25) is 0 Å². The molecular formula is C12H15NO4S. The Morgan fingerprint density at radius 3 is 2.61 bits per heavy atom. The molecule has 1 rings (SSSR count). The molecule has 1 N–H and O–H groups in total. The molecular weight excluding hydrogens is 254 g/mol. The molecule has 1 aromatic rings. The van der Waals surface area contributed by atoms with Crippen LogP contribution in [0.3, 0.4) is 0 Å². The lowest BCUT2D eigenvalue weighted by Crippen LogP contribution is -2.25. The van der Waals surface area contributed by atoms with Gasteiger partial charge < -0.3 is 9.47 Å². The van der Waals surface area contributed by atoms with E-state index in [0.717, 1.165) is 0 Å². The fourth-order valence-corrected chi connectivity index (χ4v) is 2.54. The van der Waals surface area contributed by atoms with Gasteiger partial charge in [-0.05, 0) is 12.1 Å². The van der Waals surface area contributed by atoms with Gasteiger partial charge in [0.2, 0.25) is 10.0 Å². The summed E-state index contributed by atoms with van der Waals surface area (Å²) in [4.78, 5) is 0.0290. The van der Waals surface area contributed by atoms with Gasteiger partial charge in [0.15, 0.2) is 0 Å². The maximum atomic E-state index is 12.0. The molecule has 0 unspecified atom stereocenters. The predicted octanol–water partition coefficient (Wildman–Crippen LogP) is 1.01. The number of terminal acetylenes is 1. The van der Waals surface area contributed by atoms with Crippen LogP contribution < -0.4 is 14.2 Å². The third-order valence-electron chi connectivity index (χ3n) is 2.22. The summed E-state index contributed by atoms with van der Waals surface area (Å²) in [5.41, 5.74) is 0. The van der Waals surface area contributed by atoms with E-state index in [1.165, 1.54) is 26.4 Å². The second-order valence-corrected chi connectivity index (χ2v) is 5.10. The Bertz CT molecular complexity index is 546. The summed E-state index contributed by atoms with van der Waals surface area (Å²) in [7, 11) is -0.791. The summed E-state index contributed by atoms with van der Waals surface area (Å²) in [5.74, 6) is 3.05. The Morgan fingerprint density at radius 1 is 1.33 bits per heavy atom. The maximum Gasteiger partial charge on any atom is 0.244 e. The summed E-state index contributed by atoms with van der Waals surface area (Å²) in [6, 6.07) is 4.56. The molecule has 0 aliphatic carbocycles. The monoisotopic (exact) mass is 269 g/mol. The molecule has 0 heterocycles. The minimum Gasteiger partial charge on any atom is -0.497 e. The van der Waals surface area contributed by atoms with Crippen molar-refractivity contribution in [3.05, 3.63) is 18.2 Å². The SMILES string of the molecule is C#CCCNS(=O)(=O)c1cc(OC)ccc1OC. The van der Waals surface area contributed by atoms with Crippen LogP contribution in [0.15, 0.2) is 23.1 Å². The van der Waals surface area contributed by atoms with Crippen LogP contribution in [-0.4, -0.2) is 29.2 Å². The Hall–Kier alpha value is -1.71. The van der Waals surface area contributed by atoms with Crippen molar-refractivity contribution in [2.75, 3.05) is 20.8 Å². The fourth-order valence-electron chi connectivity index (χ4n) is 1.33.